The number of hydrogen-bond donors (Lipinski definition) is 0. The number of carboxylic acid groups (broad SMARTS) is 1. The van der Waals surface area contributed by atoms with Crippen LogP contribution in [0.2, 0.25) is 0 Å². The van der Waals surface area contributed by atoms with Gasteiger partial charge in [0.05, 0.1) is 22.9 Å². The molecule has 1 aromatic carbocycles. The average molecular weight is 353 g/mol. The first-order chi connectivity index (χ1) is 11.4. The van der Waals surface area contributed by atoms with Gasteiger partial charge in [-0.25, -0.2) is 13.2 Å². The Labute approximate surface area is 138 Å². The van der Waals surface area contributed by atoms with Gasteiger partial charge in [-0.15, -0.1) is 0 Å². The molecule has 2 heterocycles. The maximum atomic E-state index is 12.7. The van der Waals surface area contributed by atoms with Crippen molar-refractivity contribution in [2.75, 3.05) is 13.1 Å². The van der Waals surface area contributed by atoms with Crippen molar-refractivity contribution in [1.29, 1.82) is 0 Å². The largest absolute Gasteiger partial charge is 0.548 e. The number of carbonyl (C=O) groups excluding carboxylic acids is 1. The Morgan fingerprint density at radius 3 is 2.46 bits per heavy atom. The zero-order chi connectivity index (χ0) is 17.3. The van der Waals surface area contributed by atoms with Gasteiger partial charge in [-0.05, 0) is 25.0 Å². The highest BCUT2D eigenvalue weighted by molar-refractivity contribution is 7.89. The molecule has 0 bridgehead atoms. The first kappa shape index (κ1) is 16.7. The average Bonchev–Trinajstić information content (AvgIpc) is 2.72. The molecule has 1 fully saturated rings. The summed E-state index contributed by atoms with van der Waals surface area (Å²) in [6, 6.07) is 4.01. The highest BCUT2D eigenvalue weighted by atomic mass is 32.2. The Balaban J connectivity index is 2.01. The lowest BCUT2D eigenvalue weighted by Crippen LogP contribution is -2.32. The number of fused-ring (bicyclic) bond motifs is 1. The summed E-state index contributed by atoms with van der Waals surface area (Å²) in [4.78, 5) is 22.5. The fourth-order valence-corrected chi connectivity index (χ4v) is 4.45. The molecule has 1 aromatic heterocycles. The molecular formula is C15H17N2O6S-. The molecule has 0 spiro atoms. The third-order valence-electron chi connectivity index (χ3n) is 4.13. The van der Waals surface area contributed by atoms with Crippen molar-refractivity contribution in [1.82, 2.24) is 8.87 Å². The van der Waals surface area contributed by atoms with E-state index in [-0.39, 0.29) is 16.0 Å². The second-order valence-electron chi connectivity index (χ2n) is 5.77. The maximum Gasteiger partial charge on any atom is 0.420 e. The van der Waals surface area contributed by atoms with Crippen LogP contribution >= 0.6 is 0 Å². The van der Waals surface area contributed by atoms with Gasteiger partial charge < -0.3 is 14.3 Å². The van der Waals surface area contributed by atoms with E-state index in [1.165, 1.54) is 22.5 Å². The Bertz CT molecular complexity index is 919. The minimum Gasteiger partial charge on any atom is -0.548 e. The topological polar surface area (TPSA) is 113 Å². The number of oxazole rings is 1. The van der Waals surface area contributed by atoms with E-state index in [9.17, 15) is 23.1 Å². The predicted octanol–water partition coefficient (Wildman–Crippen LogP) is -0.0909. The van der Waals surface area contributed by atoms with E-state index in [1.807, 2.05) is 0 Å². The van der Waals surface area contributed by atoms with Crippen LogP contribution in [-0.2, 0) is 21.4 Å². The molecule has 1 aliphatic rings. The molecule has 2 aromatic rings. The number of aromatic nitrogens is 1. The zero-order valence-electron chi connectivity index (χ0n) is 12.9. The van der Waals surface area contributed by atoms with E-state index >= 15 is 0 Å². The first-order valence-corrected chi connectivity index (χ1v) is 9.17. The predicted molar refractivity (Wildman–Crippen MR) is 82.7 cm³/mol. The van der Waals surface area contributed by atoms with Gasteiger partial charge in [-0.1, -0.05) is 12.8 Å². The number of rotatable bonds is 4. The number of aliphatic carboxylic acids is 1. The Hall–Kier alpha value is -2.13. The molecule has 8 nitrogen and oxygen atoms in total. The number of hydrogen-bond acceptors (Lipinski definition) is 6. The lowest BCUT2D eigenvalue weighted by molar-refractivity contribution is -0.306. The summed E-state index contributed by atoms with van der Waals surface area (Å²) in [5.41, 5.74) is 0.260. The number of carboxylic acids is 1. The lowest BCUT2D eigenvalue weighted by Gasteiger charge is -2.19. The Morgan fingerprint density at radius 2 is 1.83 bits per heavy atom. The van der Waals surface area contributed by atoms with Crippen LogP contribution in [0.15, 0.2) is 32.3 Å². The molecule has 0 radical (unpaired) electrons. The third-order valence-corrected chi connectivity index (χ3v) is 6.02. The van der Waals surface area contributed by atoms with Crippen molar-refractivity contribution in [2.24, 2.45) is 0 Å². The summed E-state index contributed by atoms with van der Waals surface area (Å²) in [5.74, 6) is -2.29. The summed E-state index contributed by atoms with van der Waals surface area (Å²) in [6.45, 7) is 0.288. The fraction of sp³-hybridized carbons (Fsp3) is 0.467. The number of nitrogens with zero attached hydrogens (tertiary/aromatic N) is 2. The van der Waals surface area contributed by atoms with Gasteiger partial charge in [0.2, 0.25) is 10.0 Å². The monoisotopic (exact) mass is 353 g/mol. The molecule has 3 rings (SSSR count). The van der Waals surface area contributed by atoms with Crippen molar-refractivity contribution in [3.63, 3.8) is 0 Å². The smallest absolute Gasteiger partial charge is 0.420 e. The second-order valence-corrected chi connectivity index (χ2v) is 7.71. The van der Waals surface area contributed by atoms with Crippen LogP contribution in [0.25, 0.3) is 11.1 Å². The van der Waals surface area contributed by atoms with Crippen LogP contribution in [0.3, 0.4) is 0 Å². The van der Waals surface area contributed by atoms with E-state index < -0.39 is 28.3 Å². The van der Waals surface area contributed by atoms with Gasteiger partial charge in [0.25, 0.3) is 0 Å². The zero-order valence-corrected chi connectivity index (χ0v) is 13.8. The van der Waals surface area contributed by atoms with Gasteiger partial charge in [0, 0.05) is 19.2 Å². The van der Waals surface area contributed by atoms with Gasteiger partial charge in [0.1, 0.15) is 0 Å². The first-order valence-electron chi connectivity index (χ1n) is 7.73. The molecule has 0 N–H and O–H groups in total. The summed E-state index contributed by atoms with van der Waals surface area (Å²) < 4.78 is 32.8. The normalized spacial score (nSPS) is 17.0. The SMILES string of the molecule is O=C([O-])Cn1c(=O)oc2cc(S(=O)(=O)N3CCCCCC3)ccc21. The number of sulfonamides is 1. The third kappa shape index (κ3) is 3.09. The molecule has 130 valence electrons. The van der Waals surface area contributed by atoms with Crippen LogP contribution in [-0.4, -0.2) is 36.3 Å². The fourth-order valence-electron chi connectivity index (χ4n) is 2.92. The number of benzene rings is 1. The molecule has 0 aliphatic carbocycles. The molecule has 1 saturated heterocycles. The van der Waals surface area contributed by atoms with Crippen molar-refractivity contribution >= 4 is 27.1 Å². The van der Waals surface area contributed by atoms with E-state index in [1.54, 1.807) is 0 Å². The molecule has 0 saturated carbocycles. The van der Waals surface area contributed by atoms with E-state index in [0.717, 1.165) is 30.3 Å². The standard InChI is InChI=1S/C15H18N2O6S/c18-14(19)10-17-12-6-5-11(9-13(12)23-15(17)20)24(21,22)16-7-3-1-2-4-8-16/h5-6,9H,1-4,7-8,10H2,(H,18,19)/p-1. The van der Waals surface area contributed by atoms with E-state index in [2.05, 4.69) is 0 Å². The second kappa shape index (κ2) is 6.40. The Morgan fingerprint density at radius 1 is 1.17 bits per heavy atom. The summed E-state index contributed by atoms with van der Waals surface area (Å²) in [7, 11) is -3.67. The van der Waals surface area contributed by atoms with Crippen LogP contribution in [0.5, 0.6) is 0 Å². The highest BCUT2D eigenvalue weighted by Gasteiger charge is 2.26. The maximum absolute atomic E-state index is 12.7. The highest BCUT2D eigenvalue weighted by Crippen LogP contribution is 2.23. The van der Waals surface area contributed by atoms with E-state index in [0.29, 0.717) is 13.1 Å². The van der Waals surface area contributed by atoms with E-state index in [4.69, 9.17) is 4.42 Å². The van der Waals surface area contributed by atoms with Crippen LogP contribution in [0.4, 0.5) is 0 Å². The minimum absolute atomic E-state index is 0.0336. The summed E-state index contributed by atoms with van der Waals surface area (Å²) >= 11 is 0. The van der Waals surface area contributed by atoms with Gasteiger partial charge in [-0.2, -0.15) is 4.31 Å². The molecule has 0 amide bonds. The molecule has 9 heteroatoms. The van der Waals surface area contributed by atoms with Crippen LogP contribution in [0, 0.1) is 0 Å². The van der Waals surface area contributed by atoms with Crippen LogP contribution in [0.1, 0.15) is 25.7 Å². The molecule has 0 unspecified atom stereocenters. The van der Waals surface area contributed by atoms with Gasteiger partial charge >= 0.3 is 5.76 Å². The van der Waals surface area contributed by atoms with Gasteiger partial charge in [0.15, 0.2) is 5.58 Å². The Kier molecular flexibility index (Phi) is 4.46. The van der Waals surface area contributed by atoms with Crippen molar-refractivity contribution in [3.05, 3.63) is 28.7 Å². The van der Waals surface area contributed by atoms with Gasteiger partial charge in [-0.3, -0.25) is 4.57 Å². The van der Waals surface area contributed by atoms with Crippen LogP contribution < -0.4 is 10.9 Å². The summed E-state index contributed by atoms with van der Waals surface area (Å²) in [5, 5.41) is 10.7. The summed E-state index contributed by atoms with van der Waals surface area (Å²) in [6.07, 6.45) is 3.65. The molecule has 0 atom stereocenters. The minimum atomic E-state index is -3.67. The van der Waals surface area contributed by atoms with Crippen molar-refractivity contribution < 1.29 is 22.7 Å². The van der Waals surface area contributed by atoms with Crippen molar-refractivity contribution in [2.45, 2.75) is 37.1 Å². The molecular weight excluding hydrogens is 336 g/mol. The number of carbonyl (C=O) groups is 1. The quantitative estimate of drug-likeness (QED) is 0.759. The lowest BCUT2D eigenvalue weighted by atomic mass is 10.2. The van der Waals surface area contributed by atoms with Crippen molar-refractivity contribution in [3.8, 4) is 0 Å². The molecule has 24 heavy (non-hydrogen) atoms. The molecule has 1 aliphatic heterocycles.